The summed E-state index contributed by atoms with van der Waals surface area (Å²) < 4.78 is 12.9. The van der Waals surface area contributed by atoms with Crippen LogP contribution in [0.5, 0.6) is 0 Å². The van der Waals surface area contributed by atoms with Crippen molar-refractivity contribution in [3.8, 4) is 0 Å². The fourth-order valence-electron chi connectivity index (χ4n) is 1.50. The quantitative estimate of drug-likeness (QED) is 0.810. The van der Waals surface area contributed by atoms with Crippen molar-refractivity contribution >= 4 is 11.6 Å². The van der Waals surface area contributed by atoms with Crippen molar-refractivity contribution in [2.75, 3.05) is 7.05 Å². The molecule has 0 amide bonds. The lowest BCUT2D eigenvalue weighted by Gasteiger charge is -2.15. The maximum atomic E-state index is 12.9. The summed E-state index contributed by atoms with van der Waals surface area (Å²) in [6.07, 6.45) is 2.11. The van der Waals surface area contributed by atoms with E-state index < -0.39 is 0 Å². The summed E-state index contributed by atoms with van der Waals surface area (Å²) in [6, 6.07) is 5.14. The molecule has 0 aliphatic rings. The highest BCUT2D eigenvalue weighted by Gasteiger charge is 2.09. The topological polar surface area (TPSA) is 12.0 Å². The molecule has 1 atom stereocenters. The Morgan fingerprint density at radius 3 is 2.71 bits per heavy atom. The van der Waals surface area contributed by atoms with Crippen LogP contribution >= 0.6 is 11.6 Å². The van der Waals surface area contributed by atoms with Crippen LogP contribution in [0.15, 0.2) is 18.2 Å². The van der Waals surface area contributed by atoms with Crippen LogP contribution in [-0.4, -0.2) is 7.05 Å². The van der Waals surface area contributed by atoms with Crippen LogP contribution in [0, 0.1) is 5.82 Å². The fourth-order valence-corrected chi connectivity index (χ4v) is 1.68. The van der Waals surface area contributed by atoms with Gasteiger partial charge in [0, 0.05) is 6.04 Å². The predicted octanol–water partition coefficient (Wildman–Crippen LogP) is 3.54. The SMILES string of the molecule is CCCC(NC)c1ccc(F)c(Cl)c1. The maximum absolute atomic E-state index is 12.9. The highest BCUT2D eigenvalue weighted by Crippen LogP contribution is 2.23. The zero-order valence-corrected chi connectivity index (χ0v) is 9.24. The number of benzene rings is 1. The molecule has 0 saturated heterocycles. The van der Waals surface area contributed by atoms with E-state index in [1.165, 1.54) is 6.07 Å². The minimum atomic E-state index is -0.359. The van der Waals surface area contributed by atoms with E-state index in [0.717, 1.165) is 18.4 Å². The van der Waals surface area contributed by atoms with Crippen molar-refractivity contribution in [1.29, 1.82) is 0 Å². The van der Waals surface area contributed by atoms with Crippen LogP contribution in [0.25, 0.3) is 0 Å². The third kappa shape index (κ3) is 2.69. The summed E-state index contributed by atoms with van der Waals surface area (Å²) in [5.41, 5.74) is 1.04. The molecule has 0 aliphatic heterocycles. The zero-order valence-electron chi connectivity index (χ0n) is 8.48. The minimum absolute atomic E-state index is 0.193. The van der Waals surface area contributed by atoms with E-state index in [1.807, 2.05) is 7.05 Å². The summed E-state index contributed by atoms with van der Waals surface area (Å²) in [6.45, 7) is 2.12. The van der Waals surface area contributed by atoms with Crippen LogP contribution in [0.1, 0.15) is 31.4 Å². The molecule has 0 spiro atoms. The summed E-state index contributed by atoms with van der Waals surface area (Å²) in [7, 11) is 1.90. The van der Waals surface area contributed by atoms with Gasteiger partial charge >= 0.3 is 0 Å². The van der Waals surface area contributed by atoms with Gasteiger partial charge in [0.15, 0.2) is 0 Å². The van der Waals surface area contributed by atoms with Gasteiger partial charge in [-0.1, -0.05) is 31.0 Å². The highest BCUT2D eigenvalue weighted by atomic mass is 35.5. The molecule has 0 saturated carbocycles. The zero-order chi connectivity index (χ0) is 10.6. The van der Waals surface area contributed by atoms with Gasteiger partial charge in [-0.05, 0) is 31.2 Å². The molecule has 0 radical (unpaired) electrons. The molecule has 1 aromatic rings. The average molecular weight is 216 g/mol. The molecular formula is C11H15ClFN. The van der Waals surface area contributed by atoms with E-state index in [4.69, 9.17) is 11.6 Å². The Kier molecular flexibility index (Phi) is 4.36. The number of hydrogen-bond donors (Lipinski definition) is 1. The van der Waals surface area contributed by atoms with Crippen LogP contribution in [-0.2, 0) is 0 Å². The second-order valence-electron chi connectivity index (χ2n) is 3.30. The van der Waals surface area contributed by atoms with Gasteiger partial charge in [-0.3, -0.25) is 0 Å². The minimum Gasteiger partial charge on any atom is -0.313 e. The van der Waals surface area contributed by atoms with Gasteiger partial charge < -0.3 is 5.32 Å². The number of hydrogen-bond acceptors (Lipinski definition) is 1. The lowest BCUT2D eigenvalue weighted by atomic mass is 10.0. The van der Waals surface area contributed by atoms with E-state index >= 15 is 0 Å². The Labute approximate surface area is 89.3 Å². The molecule has 0 aliphatic carbocycles. The smallest absolute Gasteiger partial charge is 0.141 e. The highest BCUT2D eigenvalue weighted by molar-refractivity contribution is 6.30. The average Bonchev–Trinajstić information content (AvgIpc) is 2.19. The Balaban J connectivity index is 2.88. The molecule has 14 heavy (non-hydrogen) atoms. The van der Waals surface area contributed by atoms with E-state index in [-0.39, 0.29) is 16.9 Å². The van der Waals surface area contributed by atoms with Crippen LogP contribution in [0.2, 0.25) is 5.02 Å². The van der Waals surface area contributed by atoms with Gasteiger partial charge in [-0.15, -0.1) is 0 Å². The van der Waals surface area contributed by atoms with Crippen molar-refractivity contribution in [2.24, 2.45) is 0 Å². The molecular weight excluding hydrogens is 201 g/mol. The summed E-state index contributed by atoms with van der Waals surface area (Å²) in [4.78, 5) is 0. The predicted molar refractivity (Wildman–Crippen MR) is 58.1 cm³/mol. The summed E-state index contributed by atoms with van der Waals surface area (Å²) >= 11 is 5.71. The standard InChI is InChI=1S/C11H15ClFN/c1-3-4-11(14-2)8-5-6-10(13)9(12)7-8/h5-7,11,14H,3-4H2,1-2H3. The monoisotopic (exact) mass is 215 g/mol. The van der Waals surface area contributed by atoms with Gasteiger partial charge in [0.05, 0.1) is 5.02 Å². The number of nitrogens with one attached hydrogen (secondary N) is 1. The molecule has 1 nitrogen and oxygen atoms in total. The molecule has 0 aromatic heterocycles. The fraction of sp³-hybridized carbons (Fsp3) is 0.455. The van der Waals surface area contributed by atoms with Gasteiger partial charge in [-0.2, -0.15) is 0 Å². The third-order valence-corrected chi connectivity index (χ3v) is 2.56. The van der Waals surface area contributed by atoms with Gasteiger partial charge in [0.25, 0.3) is 0 Å². The van der Waals surface area contributed by atoms with E-state index in [2.05, 4.69) is 12.2 Å². The summed E-state index contributed by atoms with van der Waals surface area (Å²) in [5, 5.41) is 3.38. The lowest BCUT2D eigenvalue weighted by Crippen LogP contribution is -2.15. The molecule has 0 heterocycles. The van der Waals surface area contributed by atoms with E-state index in [9.17, 15) is 4.39 Å². The second-order valence-corrected chi connectivity index (χ2v) is 3.71. The van der Waals surface area contributed by atoms with Crippen molar-refractivity contribution in [3.05, 3.63) is 34.6 Å². The van der Waals surface area contributed by atoms with Gasteiger partial charge in [0.1, 0.15) is 5.82 Å². The van der Waals surface area contributed by atoms with Crippen LogP contribution < -0.4 is 5.32 Å². The molecule has 1 aromatic carbocycles. The molecule has 0 bridgehead atoms. The van der Waals surface area contributed by atoms with Crippen LogP contribution in [0.3, 0.4) is 0 Å². The molecule has 1 rings (SSSR count). The van der Waals surface area contributed by atoms with Crippen molar-refractivity contribution in [1.82, 2.24) is 5.32 Å². The Hall–Kier alpha value is -0.600. The third-order valence-electron chi connectivity index (χ3n) is 2.27. The molecule has 1 N–H and O–H groups in total. The molecule has 0 fully saturated rings. The number of halogens is 2. The van der Waals surface area contributed by atoms with Gasteiger partial charge in [-0.25, -0.2) is 4.39 Å². The van der Waals surface area contributed by atoms with E-state index in [1.54, 1.807) is 12.1 Å². The number of rotatable bonds is 4. The van der Waals surface area contributed by atoms with Crippen molar-refractivity contribution in [3.63, 3.8) is 0 Å². The lowest BCUT2D eigenvalue weighted by molar-refractivity contribution is 0.539. The molecule has 1 unspecified atom stereocenters. The largest absolute Gasteiger partial charge is 0.313 e. The van der Waals surface area contributed by atoms with Gasteiger partial charge in [0.2, 0.25) is 0 Å². The first kappa shape index (κ1) is 11.5. The first-order chi connectivity index (χ1) is 6.69. The normalized spacial score (nSPS) is 12.9. The first-order valence-corrected chi connectivity index (χ1v) is 5.19. The van der Waals surface area contributed by atoms with Crippen LogP contribution in [0.4, 0.5) is 4.39 Å². The maximum Gasteiger partial charge on any atom is 0.141 e. The van der Waals surface area contributed by atoms with Crippen molar-refractivity contribution < 1.29 is 4.39 Å². The Morgan fingerprint density at radius 1 is 1.50 bits per heavy atom. The summed E-state index contributed by atoms with van der Waals surface area (Å²) in [5.74, 6) is -0.359. The molecule has 3 heteroatoms. The Bertz CT molecular complexity index is 301. The first-order valence-electron chi connectivity index (χ1n) is 4.81. The van der Waals surface area contributed by atoms with E-state index in [0.29, 0.717) is 0 Å². The molecule has 78 valence electrons. The second kappa shape index (κ2) is 5.32. The Morgan fingerprint density at radius 2 is 2.21 bits per heavy atom. The van der Waals surface area contributed by atoms with Crippen molar-refractivity contribution in [2.45, 2.75) is 25.8 Å².